The largest absolute Gasteiger partial charge is 0.456 e. The summed E-state index contributed by atoms with van der Waals surface area (Å²) in [6.07, 6.45) is 0. The van der Waals surface area contributed by atoms with E-state index in [0.29, 0.717) is 0 Å². The highest BCUT2D eigenvalue weighted by molar-refractivity contribution is 6.19. The van der Waals surface area contributed by atoms with Crippen molar-refractivity contribution in [1.82, 2.24) is 0 Å². The van der Waals surface area contributed by atoms with E-state index < -0.39 is 0 Å². The number of nitrogens with zero attached hydrogens (tertiary/aromatic N) is 1. The van der Waals surface area contributed by atoms with E-state index in [-0.39, 0.29) is 0 Å². The van der Waals surface area contributed by atoms with Gasteiger partial charge in [-0.3, -0.25) is 0 Å². The van der Waals surface area contributed by atoms with Gasteiger partial charge in [0.25, 0.3) is 0 Å². The lowest BCUT2D eigenvalue weighted by Crippen LogP contribution is -2.10. The number of anilines is 3. The minimum atomic E-state index is 0.919. The summed E-state index contributed by atoms with van der Waals surface area (Å²) in [5.41, 5.74) is 9.90. The molecule has 1 aromatic heterocycles. The second-order valence-electron chi connectivity index (χ2n) is 13.0. The molecule has 234 valence electrons. The van der Waals surface area contributed by atoms with Crippen molar-refractivity contribution >= 4 is 71.3 Å². The van der Waals surface area contributed by atoms with Gasteiger partial charge in [0.15, 0.2) is 0 Å². The van der Waals surface area contributed by atoms with Crippen molar-refractivity contribution in [3.05, 3.63) is 188 Å². The van der Waals surface area contributed by atoms with E-state index in [9.17, 15) is 0 Å². The predicted molar refractivity (Wildman–Crippen MR) is 212 cm³/mol. The number of benzene rings is 9. The smallest absolute Gasteiger partial charge is 0.136 e. The first-order chi connectivity index (χ1) is 24.8. The Morgan fingerprint density at radius 2 is 0.880 bits per heavy atom. The Morgan fingerprint density at radius 3 is 1.76 bits per heavy atom. The molecular weight excluding hydrogens is 607 g/mol. The van der Waals surface area contributed by atoms with Crippen molar-refractivity contribution in [2.24, 2.45) is 0 Å². The molecule has 0 bridgehead atoms. The van der Waals surface area contributed by atoms with Gasteiger partial charge in [-0.2, -0.15) is 0 Å². The molecule has 0 unspecified atom stereocenters. The lowest BCUT2D eigenvalue weighted by molar-refractivity contribution is 0.669. The standard InChI is InChI=1S/C48H31NO/c1-2-9-32(10-3-1)37-12-8-13-40(29-37)49(41-27-23-35-18-17-34-11-4-5-14-42(34)44(35)31-41)39-25-21-33(22-26-39)38-20-19-36-24-28-47-48(45(36)30-38)43-15-6-7-16-46(43)50-47/h1-31H. The van der Waals surface area contributed by atoms with E-state index >= 15 is 0 Å². The normalized spacial score (nSPS) is 11.6. The molecule has 0 saturated heterocycles. The van der Waals surface area contributed by atoms with E-state index in [2.05, 4.69) is 181 Å². The molecule has 2 nitrogen and oxygen atoms in total. The second-order valence-corrected chi connectivity index (χ2v) is 13.0. The molecule has 10 aromatic rings. The first-order valence-electron chi connectivity index (χ1n) is 17.1. The molecule has 10 rings (SSSR count). The van der Waals surface area contributed by atoms with Gasteiger partial charge in [-0.25, -0.2) is 0 Å². The van der Waals surface area contributed by atoms with Crippen LogP contribution in [0.4, 0.5) is 17.1 Å². The van der Waals surface area contributed by atoms with E-state index in [0.717, 1.165) is 33.6 Å². The molecule has 0 aliphatic carbocycles. The van der Waals surface area contributed by atoms with Gasteiger partial charge in [-0.05, 0) is 109 Å². The summed E-state index contributed by atoms with van der Waals surface area (Å²) in [6.45, 7) is 0. The van der Waals surface area contributed by atoms with Crippen molar-refractivity contribution in [3.8, 4) is 22.3 Å². The monoisotopic (exact) mass is 637 g/mol. The van der Waals surface area contributed by atoms with Crippen molar-refractivity contribution in [3.63, 3.8) is 0 Å². The Hall–Kier alpha value is -6.64. The Labute approximate surface area is 290 Å². The molecule has 50 heavy (non-hydrogen) atoms. The van der Waals surface area contributed by atoms with Crippen LogP contribution in [0.15, 0.2) is 192 Å². The van der Waals surface area contributed by atoms with Crippen molar-refractivity contribution < 1.29 is 4.42 Å². The van der Waals surface area contributed by atoms with Crippen LogP contribution in [-0.4, -0.2) is 0 Å². The highest BCUT2D eigenvalue weighted by Gasteiger charge is 2.16. The van der Waals surface area contributed by atoms with Crippen LogP contribution in [0.25, 0.3) is 76.5 Å². The van der Waals surface area contributed by atoms with Gasteiger partial charge in [-0.15, -0.1) is 0 Å². The average molecular weight is 638 g/mol. The number of fused-ring (bicyclic) bond motifs is 8. The van der Waals surface area contributed by atoms with Crippen molar-refractivity contribution in [2.45, 2.75) is 0 Å². The summed E-state index contributed by atoms with van der Waals surface area (Å²) in [4.78, 5) is 2.37. The number of para-hydroxylation sites is 1. The van der Waals surface area contributed by atoms with E-state index in [4.69, 9.17) is 4.42 Å². The molecule has 0 aliphatic rings. The first kappa shape index (κ1) is 28.4. The fourth-order valence-corrected chi connectivity index (χ4v) is 7.56. The maximum atomic E-state index is 6.21. The summed E-state index contributed by atoms with van der Waals surface area (Å²) in [7, 11) is 0. The number of furan rings is 1. The SMILES string of the molecule is c1ccc(-c2cccc(N(c3ccc(-c4ccc5ccc6oc7ccccc7c6c5c4)cc3)c3ccc4ccc5ccccc5c4c3)c2)cc1. The summed E-state index contributed by atoms with van der Waals surface area (Å²) in [5.74, 6) is 0. The summed E-state index contributed by atoms with van der Waals surface area (Å²) in [5, 5.41) is 9.72. The van der Waals surface area contributed by atoms with E-state index in [1.165, 1.54) is 60.0 Å². The van der Waals surface area contributed by atoms with Crippen LogP contribution in [0.2, 0.25) is 0 Å². The third-order valence-electron chi connectivity index (χ3n) is 10.0. The van der Waals surface area contributed by atoms with Crippen LogP contribution in [0.5, 0.6) is 0 Å². The Kier molecular flexibility index (Phi) is 6.53. The predicted octanol–water partition coefficient (Wildman–Crippen LogP) is 13.8. The highest BCUT2D eigenvalue weighted by Crippen LogP contribution is 2.41. The number of hydrogen-bond acceptors (Lipinski definition) is 2. The zero-order valence-corrected chi connectivity index (χ0v) is 27.3. The third kappa shape index (κ3) is 4.73. The molecule has 9 aromatic carbocycles. The van der Waals surface area contributed by atoms with Gasteiger partial charge in [0.1, 0.15) is 11.2 Å². The van der Waals surface area contributed by atoms with Crippen molar-refractivity contribution in [2.75, 3.05) is 4.90 Å². The van der Waals surface area contributed by atoms with Crippen molar-refractivity contribution in [1.29, 1.82) is 0 Å². The molecule has 0 fully saturated rings. The molecule has 0 aliphatic heterocycles. The summed E-state index contributed by atoms with van der Waals surface area (Å²) >= 11 is 0. The van der Waals surface area contributed by atoms with Crippen LogP contribution in [0.1, 0.15) is 0 Å². The fourth-order valence-electron chi connectivity index (χ4n) is 7.56. The molecule has 0 N–H and O–H groups in total. The average Bonchev–Trinajstić information content (AvgIpc) is 3.58. The Balaban J connectivity index is 1.11. The van der Waals surface area contributed by atoms with Gasteiger partial charge < -0.3 is 9.32 Å². The first-order valence-corrected chi connectivity index (χ1v) is 17.1. The topological polar surface area (TPSA) is 16.4 Å². The molecule has 0 amide bonds. The van der Waals surface area contributed by atoms with Gasteiger partial charge in [-0.1, -0.05) is 133 Å². The van der Waals surface area contributed by atoms with Gasteiger partial charge in [0, 0.05) is 27.8 Å². The molecule has 1 heterocycles. The van der Waals surface area contributed by atoms with Crippen LogP contribution in [0, 0.1) is 0 Å². The van der Waals surface area contributed by atoms with E-state index in [1.807, 2.05) is 12.1 Å². The third-order valence-corrected chi connectivity index (χ3v) is 10.0. The quantitative estimate of drug-likeness (QED) is 0.175. The van der Waals surface area contributed by atoms with Crippen LogP contribution in [-0.2, 0) is 0 Å². The lowest BCUT2D eigenvalue weighted by Gasteiger charge is -2.27. The maximum Gasteiger partial charge on any atom is 0.136 e. The summed E-state index contributed by atoms with van der Waals surface area (Å²) in [6, 6.07) is 67.6. The molecular formula is C48H31NO. The molecule has 0 atom stereocenters. The highest BCUT2D eigenvalue weighted by atomic mass is 16.3. The summed E-state index contributed by atoms with van der Waals surface area (Å²) < 4.78 is 6.21. The van der Waals surface area contributed by atoms with Crippen LogP contribution in [0.3, 0.4) is 0 Å². The van der Waals surface area contributed by atoms with E-state index in [1.54, 1.807) is 0 Å². The van der Waals surface area contributed by atoms with Crippen LogP contribution < -0.4 is 4.90 Å². The molecule has 2 heteroatoms. The lowest BCUT2D eigenvalue weighted by atomic mass is 9.97. The Bertz CT molecular complexity index is 2870. The second kappa shape index (κ2) is 11.5. The zero-order valence-electron chi connectivity index (χ0n) is 27.3. The van der Waals surface area contributed by atoms with Gasteiger partial charge in [0.2, 0.25) is 0 Å². The fraction of sp³-hybridized carbons (Fsp3) is 0. The minimum Gasteiger partial charge on any atom is -0.456 e. The van der Waals surface area contributed by atoms with Gasteiger partial charge in [0.05, 0.1) is 0 Å². The number of rotatable bonds is 5. The zero-order chi connectivity index (χ0) is 33.0. The van der Waals surface area contributed by atoms with Crippen LogP contribution >= 0.6 is 0 Å². The minimum absolute atomic E-state index is 0.919. The molecule has 0 spiro atoms. The molecule has 0 saturated carbocycles. The Morgan fingerprint density at radius 1 is 0.300 bits per heavy atom. The number of hydrogen-bond donors (Lipinski definition) is 0. The van der Waals surface area contributed by atoms with Gasteiger partial charge >= 0.3 is 0 Å². The molecule has 0 radical (unpaired) electrons. The maximum absolute atomic E-state index is 6.21.